The number of carbonyl (C=O) groups excluding carboxylic acids is 7. The largest absolute Gasteiger partial charge is 0.480 e. The van der Waals surface area contributed by atoms with Gasteiger partial charge in [0, 0.05) is 19.9 Å². The molecule has 0 aliphatic heterocycles. The standard InChI is InChI=1S/C33H60N10O9/c1-9-18(6)26(32(51)52)43-29(48)22(12-13-24(34)45)40-27(46)19(7)38-28(47)21(11-10-14-37-33(35)36)41-31(50)25(17(4)5)42-30(49)23(15-16(2)3)39-20(8)44/h16-19,21-23,25-26H,9-15H2,1-8H3,(H2,34,45)(H,38,47)(H,39,44)(H,40,46)(H,41,50)(H,42,49)(H,43,48)(H,51,52)(H4,35,36,37)/t18-,19-,21-,22-,23-,25-,26-/m0/s1. The molecule has 0 aliphatic rings. The Morgan fingerprint density at radius 3 is 1.65 bits per heavy atom. The van der Waals surface area contributed by atoms with E-state index in [2.05, 4.69) is 36.9 Å². The first kappa shape index (κ1) is 47.0. The number of carbonyl (C=O) groups is 8. The quantitative estimate of drug-likeness (QED) is 0.0296. The minimum atomic E-state index is -1.37. The van der Waals surface area contributed by atoms with Crippen LogP contribution in [-0.2, 0) is 38.4 Å². The molecule has 0 bridgehead atoms. The van der Waals surface area contributed by atoms with Gasteiger partial charge in [0.2, 0.25) is 41.4 Å². The van der Waals surface area contributed by atoms with E-state index in [-0.39, 0.29) is 44.1 Å². The first-order chi connectivity index (χ1) is 24.1. The Bertz CT molecular complexity index is 1290. The monoisotopic (exact) mass is 740 g/mol. The highest BCUT2D eigenvalue weighted by atomic mass is 16.4. The van der Waals surface area contributed by atoms with E-state index in [0.29, 0.717) is 12.8 Å². The van der Waals surface area contributed by atoms with E-state index < -0.39 is 95.4 Å². The first-order valence-corrected chi connectivity index (χ1v) is 17.5. The Labute approximate surface area is 305 Å². The van der Waals surface area contributed by atoms with Crippen molar-refractivity contribution in [3.05, 3.63) is 0 Å². The fourth-order valence-electron chi connectivity index (χ4n) is 4.94. The number of carboxylic acids is 1. The number of carboxylic acid groups (broad SMARTS) is 1. The van der Waals surface area contributed by atoms with Crippen molar-refractivity contribution in [1.82, 2.24) is 31.9 Å². The predicted octanol–water partition coefficient (Wildman–Crippen LogP) is -1.91. The fourth-order valence-corrected chi connectivity index (χ4v) is 4.94. The van der Waals surface area contributed by atoms with Gasteiger partial charge in [-0.15, -0.1) is 0 Å². The molecule has 19 heteroatoms. The second kappa shape index (κ2) is 23.5. The van der Waals surface area contributed by atoms with Crippen molar-refractivity contribution in [2.45, 2.75) is 130 Å². The summed E-state index contributed by atoms with van der Waals surface area (Å²) in [7, 11) is 0. The van der Waals surface area contributed by atoms with E-state index in [9.17, 15) is 43.5 Å². The Hall–Kier alpha value is -4.97. The summed E-state index contributed by atoms with van der Waals surface area (Å²) >= 11 is 0. The van der Waals surface area contributed by atoms with Crippen LogP contribution in [0.2, 0.25) is 0 Å². The number of nitrogens with zero attached hydrogens (tertiary/aromatic N) is 1. The van der Waals surface area contributed by atoms with Gasteiger partial charge in [0.1, 0.15) is 36.3 Å². The molecule has 7 amide bonds. The van der Waals surface area contributed by atoms with E-state index in [4.69, 9.17) is 17.2 Å². The molecule has 0 saturated heterocycles. The molecule has 0 heterocycles. The lowest BCUT2D eigenvalue weighted by Gasteiger charge is -2.28. The van der Waals surface area contributed by atoms with Crippen LogP contribution in [0.25, 0.3) is 0 Å². The van der Waals surface area contributed by atoms with Gasteiger partial charge in [-0.2, -0.15) is 0 Å². The van der Waals surface area contributed by atoms with Crippen molar-refractivity contribution in [2.75, 3.05) is 6.54 Å². The molecule has 296 valence electrons. The van der Waals surface area contributed by atoms with Gasteiger partial charge in [0.25, 0.3) is 0 Å². The lowest BCUT2D eigenvalue weighted by molar-refractivity contribution is -0.144. The lowest BCUT2D eigenvalue weighted by atomic mass is 9.98. The highest BCUT2D eigenvalue weighted by Gasteiger charge is 2.34. The molecule has 0 aromatic carbocycles. The third-order valence-corrected chi connectivity index (χ3v) is 8.07. The van der Waals surface area contributed by atoms with Crippen LogP contribution in [0.1, 0.15) is 93.9 Å². The smallest absolute Gasteiger partial charge is 0.326 e. The fraction of sp³-hybridized carbons (Fsp3) is 0.727. The van der Waals surface area contributed by atoms with Crippen molar-refractivity contribution in [3.63, 3.8) is 0 Å². The molecule has 13 N–H and O–H groups in total. The number of guanidine groups is 1. The number of primary amides is 1. The van der Waals surface area contributed by atoms with Crippen LogP contribution in [-0.4, -0.2) is 101 Å². The van der Waals surface area contributed by atoms with Crippen LogP contribution in [0.4, 0.5) is 0 Å². The second-order valence-electron chi connectivity index (χ2n) is 13.6. The lowest BCUT2D eigenvalue weighted by Crippen LogP contribution is -2.60. The van der Waals surface area contributed by atoms with Gasteiger partial charge < -0.3 is 54.2 Å². The third-order valence-electron chi connectivity index (χ3n) is 8.07. The number of aliphatic carboxylic acids is 1. The number of amides is 7. The second-order valence-corrected chi connectivity index (χ2v) is 13.6. The minimum Gasteiger partial charge on any atom is -0.480 e. The zero-order chi connectivity index (χ0) is 40.3. The van der Waals surface area contributed by atoms with Gasteiger partial charge >= 0.3 is 5.97 Å². The van der Waals surface area contributed by atoms with E-state index in [0.717, 1.165) is 0 Å². The molecule has 7 atom stereocenters. The maximum Gasteiger partial charge on any atom is 0.326 e. The van der Waals surface area contributed by atoms with Crippen molar-refractivity contribution < 1.29 is 43.5 Å². The molecule has 0 fully saturated rings. The van der Waals surface area contributed by atoms with Crippen LogP contribution in [0.3, 0.4) is 0 Å². The molecule has 0 radical (unpaired) electrons. The Morgan fingerprint density at radius 1 is 0.654 bits per heavy atom. The van der Waals surface area contributed by atoms with E-state index in [1.807, 2.05) is 13.8 Å². The number of hydrogen-bond donors (Lipinski definition) is 10. The van der Waals surface area contributed by atoms with Gasteiger partial charge in [0.15, 0.2) is 5.96 Å². The molecule has 0 unspecified atom stereocenters. The number of nitrogens with two attached hydrogens (primary N) is 3. The summed E-state index contributed by atoms with van der Waals surface area (Å²) in [6, 6.07) is -7.17. The molecule has 0 aromatic rings. The average molecular weight is 741 g/mol. The first-order valence-electron chi connectivity index (χ1n) is 17.5. The zero-order valence-corrected chi connectivity index (χ0v) is 31.5. The van der Waals surface area contributed by atoms with Crippen LogP contribution in [0.5, 0.6) is 0 Å². The van der Waals surface area contributed by atoms with E-state index >= 15 is 0 Å². The number of hydrogen-bond acceptors (Lipinski definition) is 9. The molecule has 0 saturated carbocycles. The summed E-state index contributed by atoms with van der Waals surface area (Å²) in [4.78, 5) is 105. The predicted molar refractivity (Wildman–Crippen MR) is 193 cm³/mol. The normalized spacial score (nSPS) is 15.0. The molecular formula is C33H60N10O9. The van der Waals surface area contributed by atoms with Gasteiger partial charge in [-0.3, -0.25) is 38.6 Å². The maximum absolute atomic E-state index is 13.6. The van der Waals surface area contributed by atoms with Gasteiger partial charge in [-0.05, 0) is 50.4 Å². The number of rotatable bonds is 24. The summed E-state index contributed by atoms with van der Waals surface area (Å²) in [6.45, 7) is 13.2. The van der Waals surface area contributed by atoms with E-state index in [1.165, 1.54) is 13.8 Å². The summed E-state index contributed by atoms with van der Waals surface area (Å²) in [5.74, 6) is -7.26. The Kier molecular flexibility index (Phi) is 21.2. The summed E-state index contributed by atoms with van der Waals surface area (Å²) in [6.07, 6.45) is 0.440. The minimum absolute atomic E-state index is 0.0130. The van der Waals surface area contributed by atoms with Gasteiger partial charge in [-0.25, -0.2) is 4.79 Å². The number of aliphatic imine (C=N–C) groups is 1. The highest BCUT2D eigenvalue weighted by molar-refractivity contribution is 5.96. The maximum atomic E-state index is 13.6. The van der Waals surface area contributed by atoms with Crippen molar-refractivity contribution in [3.8, 4) is 0 Å². The van der Waals surface area contributed by atoms with E-state index in [1.54, 1.807) is 27.7 Å². The molecule has 0 aliphatic carbocycles. The summed E-state index contributed by atoms with van der Waals surface area (Å²) in [5.41, 5.74) is 16.0. The Morgan fingerprint density at radius 2 is 1.17 bits per heavy atom. The molecule has 52 heavy (non-hydrogen) atoms. The van der Waals surface area contributed by atoms with Crippen LogP contribution >= 0.6 is 0 Å². The van der Waals surface area contributed by atoms with Crippen LogP contribution in [0.15, 0.2) is 4.99 Å². The average Bonchev–Trinajstić information content (AvgIpc) is 3.03. The number of nitrogens with one attached hydrogen (secondary N) is 6. The van der Waals surface area contributed by atoms with Gasteiger partial charge in [-0.1, -0.05) is 48.0 Å². The van der Waals surface area contributed by atoms with Crippen molar-refractivity contribution in [2.24, 2.45) is 39.9 Å². The Balaban J connectivity index is 6.08. The van der Waals surface area contributed by atoms with Crippen LogP contribution < -0.4 is 49.1 Å². The van der Waals surface area contributed by atoms with Crippen molar-refractivity contribution >= 4 is 53.3 Å². The third kappa shape index (κ3) is 18.3. The van der Waals surface area contributed by atoms with Gasteiger partial charge in [0.05, 0.1) is 0 Å². The zero-order valence-electron chi connectivity index (χ0n) is 31.5. The SMILES string of the molecule is CC[C@H](C)[C@H](NC(=O)[C@H](CCC(N)=O)NC(=O)[C@H](C)NC(=O)[C@H](CCCN=C(N)N)NC(=O)[C@@H](NC(=O)[C@H](CC(C)C)NC(C)=O)C(C)C)C(=O)O. The highest BCUT2D eigenvalue weighted by Crippen LogP contribution is 2.11. The topological polar surface area (TPSA) is 319 Å². The summed E-state index contributed by atoms with van der Waals surface area (Å²) < 4.78 is 0. The molecule has 19 nitrogen and oxygen atoms in total. The molecule has 0 aromatic heterocycles. The van der Waals surface area contributed by atoms with Crippen LogP contribution in [0, 0.1) is 17.8 Å². The molecule has 0 spiro atoms. The van der Waals surface area contributed by atoms with Crippen molar-refractivity contribution in [1.29, 1.82) is 0 Å². The summed E-state index contributed by atoms with van der Waals surface area (Å²) in [5, 5.41) is 24.8. The molecule has 0 rings (SSSR count). The molecular weight excluding hydrogens is 680 g/mol.